The van der Waals surface area contributed by atoms with Crippen molar-refractivity contribution in [2.45, 2.75) is 0 Å². The van der Waals surface area contributed by atoms with Gasteiger partial charge in [0, 0.05) is 0 Å². The molecule has 0 fully saturated rings. The van der Waals surface area contributed by atoms with Crippen LogP contribution in [0.4, 0.5) is 14.9 Å². The summed E-state index contributed by atoms with van der Waals surface area (Å²) in [6.45, 7) is -0.128. The van der Waals surface area contributed by atoms with Crippen molar-refractivity contribution in [3.63, 3.8) is 0 Å². The van der Waals surface area contributed by atoms with Crippen molar-refractivity contribution in [2.75, 3.05) is 11.9 Å². The van der Waals surface area contributed by atoms with E-state index in [4.69, 9.17) is 10.9 Å². The first-order chi connectivity index (χ1) is 7.63. The van der Waals surface area contributed by atoms with Crippen molar-refractivity contribution in [1.29, 1.82) is 0 Å². The minimum absolute atomic E-state index is 0.0551. The van der Waals surface area contributed by atoms with E-state index >= 15 is 0 Å². The number of amides is 2. The number of carbonyl (C=O) groups excluding carboxylic acids is 1. The Morgan fingerprint density at radius 1 is 1.50 bits per heavy atom. The van der Waals surface area contributed by atoms with Crippen LogP contribution < -0.4 is 16.4 Å². The van der Waals surface area contributed by atoms with E-state index in [1.807, 2.05) is 0 Å². The summed E-state index contributed by atoms with van der Waals surface area (Å²) in [5, 5.41) is 15.4. The van der Waals surface area contributed by atoms with E-state index in [0.29, 0.717) is 0 Å². The normalized spacial score (nSPS) is 10.9. The average molecular weight is 226 g/mol. The third-order valence-corrected chi connectivity index (χ3v) is 1.68. The van der Waals surface area contributed by atoms with Crippen LogP contribution in [0, 0.1) is 5.82 Å². The Morgan fingerprint density at radius 3 is 2.81 bits per heavy atom. The van der Waals surface area contributed by atoms with Crippen molar-refractivity contribution < 1.29 is 14.4 Å². The first-order valence-corrected chi connectivity index (χ1v) is 4.39. The number of nitrogens with zero attached hydrogens (tertiary/aromatic N) is 1. The Kier molecular flexibility index (Phi) is 4.07. The number of benzene rings is 1. The molecule has 1 aromatic rings. The third-order valence-electron chi connectivity index (χ3n) is 1.68. The number of halogens is 1. The summed E-state index contributed by atoms with van der Waals surface area (Å²) in [5.74, 6) is -0.690. The molecule has 0 atom stereocenters. The van der Waals surface area contributed by atoms with Crippen molar-refractivity contribution in [1.82, 2.24) is 5.32 Å². The maximum Gasteiger partial charge on any atom is 0.319 e. The molecule has 6 nitrogen and oxygen atoms in total. The van der Waals surface area contributed by atoms with Gasteiger partial charge in [0.05, 0.1) is 12.2 Å². The number of nitrogens with one attached hydrogen (secondary N) is 2. The van der Waals surface area contributed by atoms with Crippen LogP contribution in [0.15, 0.2) is 29.4 Å². The lowest BCUT2D eigenvalue weighted by Crippen LogP contribution is -2.36. The second-order valence-corrected chi connectivity index (χ2v) is 2.88. The van der Waals surface area contributed by atoms with Gasteiger partial charge in [0.1, 0.15) is 5.82 Å². The highest BCUT2D eigenvalue weighted by Crippen LogP contribution is 2.11. The average Bonchev–Trinajstić information content (AvgIpc) is 2.29. The molecule has 5 N–H and O–H groups in total. The lowest BCUT2D eigenvalue weighted by Gasteiger charge is -2.07. The molecule has 7 heteroatoms. The highest BCUT2D eigenvalue weighted by atomic mass is 19.1. The second-order valence-electron chi connectivity index (χ2n) is 2.88. The molecule has 0 aliphatic rings. The van der Waals surface area contributed by atoms with Gasteiger partial charge in [-0.1, -0.05) is 17.3 Å². The number of oxime groups is 1. The molecule has 0 aliphatic heterocycles. The van der Waals surface area contributed by atoms with Crippen LogP contribution in [-0.4, -0.2) is 23.6 Å². The van der Waals surface area contributed by atoms with Crippen molar-refractivity contribution in [3.05, 3.63) is 30.1 Å². The molecule has 0 saturated carbocycles. The molecular formula is C9H11FN4O2. The standard InChI is InChI=1S/C9H11FN4O2/c10-6-3-1-2-4-7(6)13-9(15)12-5-8(11)14-16/h1-4,16H,5H2,(H2,11,14)(H2,12,13,15). The smallest absolute Gasteiger partial charge is 0.319 e. The van der Waals surface area contributed by atoms with Crippen LogP contribution in [0.5, 0.6) is 0 Å². The fourth-order valence-electron chi connectivity index (χ4n) is 0.935. The molecule has 0 spiro atoms. The van der Waals surface area contributed by atoms with Gasteiger partial charge in [-0.3, -0.25) is 0 Å². The number of anilines is 1. The van der Waals surface area contributed by atoms with Gasteiger partial charge < -0.3 is 21.6 Å². The van der Waals surface area contributed by atoms with E-state index in [0.717, 1.165) is 0 Å². The van der Waals surface area contributed by atoms with Gasteiger partial charge in [0.15, 0.2) is 5.84 Å². The van der Waals surface area contributed by atoms with E-state index in [2.05, 4.69) is 15.8 Å². The summed E-state index contributed by atoms with van der Waals surface area (Å²) < 4.78 is 13.1. The highest BCUT2D eigenvalue weighted by molar-refractivity contribution is 5.93. The molecule has 16 heavy (non-hydrogen) atoms. The van der Waals surface area contributed by atoms with Gasteiger partial charge in [-0.25, -0.2) is 9.18 Å². The molecule has 0 aromatic heterocycles. The van der Waals surface area contributed by atoms with Crippen LogP contribution in [0.3, 0.4) is 0 Å². The molecule has 0 unspecified atom stereocenters. The maximum absolute atomic E-state index is 13.1. The summed E-state index contributed by atoms with van der Waals surface area (Å²) in [6, 6.07) is 5.09. The number of urea groups is 1. The molecule has 86 valence electrons. The molecule has 0 heterocycles. The van der Waals surface area contributed by atoms with E-state index in [9.17, 15) is 9.18 Å². The number of hydrogen-bond acceptors (Lipinski definition) is 3. The second kappa shape index (κ2) is 5.54. The third kappa shape index (κ3) is 3.45. The van der Waals surface area contributed by atoms with Crippen LogP contribution in [-0.2, 0) is 0 Å². The van der Waals surface area contributed by atoms with Crippen molar-refractivity contribution in [3.8, 4) is 0 Å². The van der Waals surface area contributed by atoms with E-state index in [-0.39, 0.29) is 18.1 Å². The Balaban J connectivity index is 2.49. The topological polar surface area (TPSA) is 99.7 Å². The zero-order chi connectivity index (χ0) is 12.0. The highest BCUT2D eigenvalue weighted by Gasteiger charge is 2.05. The fraction of sp³-hybridized carbons (Fsp3) is 0.111. The Morgan fingerprint density at radius 2 is 2.19 bits per heavy atom. The van der Waals surface area contributed by atoms with Gasteiger partial charge in [0.2, 0.25) is 0 Å². The lowest BCUT2D eigenvalue weighted by atomic mass is 10.3. The summed E-state index contributed by atoms with van der Waals surface area (Å²) in [5.41, 5.74) is 5.18. The maximum atomic E-state index is 13.1. The predicted octanol–water partition coefficient (Wildman–Crippen LogP) is 0.694. The monoisotopic (exact) mass is 226 g/mol. The van der Waals surface area contributed by atoms with Gasteiger partial charge in [-0.05, 0) is 12.1 Å². The van der Waals surface area contributed by atoms with Crippen molar-refractivity contribution in [2.24, 2.45) is 10.9 Å². The summed E-state index contributed by atoms with van der Waals surface area (Å²) >= 11 is 0. The molecule has 2 amide bonds. The minimum atomic E-state index is -0.642. The Hall–Kier alpha value is -2.31. The first-order valence-electron chi connectivity index (χ1n) is 4.39. The molecule has 0 aliphatic carbocycles. The van der Waals surface area contributed by atoms with Gasteiger partial charge in [-0.2, -0.15) is 0 Å². The molecule has 1 aromatic carbocycles. The molecular weight excluding hydrogens is 215 g/mol. The largest absolute Gasteiger partial charge is 0.409 e. The summed E-state index contributed by atoms with van der Waals surface area (Å²) in [6.07, 6.45) is 0. The molecule has 0 bridgehead atoms. The first kappa shape index (κ1) is 11.8. The minimum Gasteiger partial charge on any atom is -0.409 e. The molecule has 0 saturated heterocycles. The quantitative estimate of drug-likeness (QED) is 0.264. The van der Waals surface area contributed by atoms with Gasteiger partial charge in [-0.15, -0.1) is 0 Å². The molecule has 1 rings (SSSR count). The Bertz CT molecular complexity index is 408. The zero-order valence-corrected chi connectivity index (χ0v) is 8.27. The molecule has 0 radical (unpaired) electrons. The van der Waals surface area contributed by atoms with Crippen LogP contribution in [0.1, 0.15) is 0 Å². The number of nitrogens with two attached hydrogens (primary N) is 1. The predicted molar refractivity (Wildman–Crippen MR) is 56.8 cm³/mol. The van der Waals surface area contributed by atoms with Crippen LogP contribution >= 0.6 is 0 Å². The number of hydrogen-bond donors (Lipinski definition) is 4. The number of para-hydroxylation sites is 1. The number of amidine groups is 1. The number of rotatable bonds is 3. The van der Waals surface area contributed by atoms with Gasteiger partial charge >= 0.3 is 6.03 Å². The lowest BCUT2D eigenvalue weighted by molar-refractivity contribution is 0.253. The Labute approximate surface area is 90.9 Å². The van der Waals surface area contributed by atoms with Gasteiger partial charge in [0.25, 0.3) is 0 Å². The summed E-state index contributed by atoms with van der Waals surface area (Å²) in [7, 11) is 0. The van der Waals surface area contributed by atoms with Crippen LogP contribution in [0.2, 0.25) is 0 Å². The zero-order valence-electron chi connectivity index (χ0n) is 8.27. The fourth-order valence-corrected chi connectivity index (χ4v) is 0.935. The van der Waals surface area contributed by atoms with E-state index in [1.165, 1.54) is 18.2 Å². The number of carbonyl (C=O) groups is 1. The van der Waals surface area contributed by atoms with Crippen LogP contribution in [0.25, 0.3) is 0 Å². The van der Waals surface area contributed by atoms with E-state index < -0.39 is 11.8 Å². The van der Waals surface area contributed by atoms with Crippen molar-refractivity contribution >= 4 is 17.6 Å². The SMILES string of the molecule is N/C(CNC(=O)Nc1ccccc1F)=N/O. The van der Waals surface area contributed by atoms with E-state index in [1.54, 1.807) is 6.07 Å². The summed E-state index contributed by atoms with van der Waals surface area (Å²) in [4.78, 5) is 11.2.